The maximum absolute atomic E-state index is 13.5. The third kappa shape index (κ3) is 7.36. The summed E-state index contributed by atoms with van der Waals surface area (Å²) in [4.78, 5) is 66.9. The van der Waals surface area contributed by atoms with Crippen LogP contribution < -0.4 is 0 Å². The van der Waals surface area contributed by atoms with E-state index in [0.717, 1.165) is 4.90 Å². The lowest BCUT2D eigenvalue weighted by atomic mass is 9.62. The highest BCUT2D eigenvalue weighted by molar-refractivity contribution is 6.48. The number of allylic oxidation sites excluding steroid dienone is 1. The Morgan fingerprint density at radius 2 is 1.65 bits per heavy atom. The van der Waals surface area contributed by atoms with Crippen molar-refractivity contribution in [3.8, 4) is 0 Å². The van der Waals surface area contributed by atoms with Gasteiger partial charge in [-0.3, -0.25) is 19.3 Å². The number of rotatable bonds is 11. The quantitative estimate of drug-likeness (QED) is 0.0917. The van der Waals surface area contributed by atoms with E-state index < -0.39 is 55.9 Å². The van der Waals surface area contributed by atoms with Crippen LogP contribution in [0.2, 0.25) is 13.1 Å². The summed E-state index contributed by atoms with van der Waals surface area (Å²) >= 11 is 0. The number of carbonyl (C=O) groups is 5. The minimum atomic E-state index is -1.67. The van der Waals surface area contributed by atoms with Crippen LogP contribution in [0.5, 0.6) is 0 Å². The first-order valence-electron chi connectivity index (χ1n) is 13.7. The third-order valence-electron chi connectivity index (χ3n) is 7.64. The van der Waals surface area contributed by atoms with Crippen molar-refractivity contribution in [3.05, 3.63) is 37.0 Å². The predicted molar refractivity (Wildman–Crippen MR) is 153 cm³/mol. The average molecular weight is 577 g/mol. The average Bonchev–Trinajstić information content (AvgIpc) is 3.32. The molecule has 0 saturated carbocycles. The summed E-state index contributed by atoms with van der Waals surface area (Å²) in [5.41, 5.74) is -1.03. The standard InChI is InChI=1S/C29H44N2O8Si/c1-10-14-37-26(35)25(34)31-21(23(24(31)33)29(7,28(4,5)6)39-40(8)9)17-22(32)19(3)16-20-12-13-30(18-20)27(36)38-15-11-2/h10-11,16,20-21,23,40H,1-2,12-15,17-18H2,3-9H3/b19-16+/t20?,21-,23-,29-/m1/s1. The van der Waals surface area contributed by atoms with Gasteiger partial charge in [-0.05, 0) is 50.3 Å². The van der Waals surface area contributed by atoms with E-state index in [-0.39, 0.29) is 31.3 Å². The molecule has 0 aromatic heterocycles. The highest BCUT2D eigenvalue weighted by Gasteiger charge is 2.63. The maximum Gasteiger partial charge on any atom is 0.410 e. The summed E-state index contributed by atoms with van der Waals surface area (Å²) < 4.78 is 16.4. The van der Waals surface area contributed by atoms with Crippen molar-refractivity contribution in [2.75, 3.05) is 26.3 Å². The summed E-state index contributed by atoms with van der Waals surface area (Å²) in [6.45, 7) is 21.2. The number of β-lactam (4-membered cyclic amide) rings is 1. The van der Waals surface area contributed by atoms with Gasteiger partial charge in [-0.2, -0.15) is 0 Å². The molecule has 0 aromatic carbocycles. The fourth-order valence-electron chi connectivity index (χ4n) is 5.22. The summed E-state index contributed by atoms with van der Waals surface area (Å²) in [5.74, 6) is -3.95. The second-order valence-electron chi connectivity index (χ2n) is 11.8. The Morgan fingerprint density at radius 1 is 1.05 bits per heavy atom. The number of ether oxygens (including phenoxy) is 2. The van der Waals surface area contributed by atoms with Gasteiger partial charge < -0.3 is 18.8 Å². The van der Waals surface area contributed by atoms with Gasteiger partial charge in [0.05, 0.1) is 17.6 Å². The molecule has 2 rings (SSSR count). The normalized spacial score (nSPS) is 22.9. The molecular formula is C29H44N2O8Si. The van der Waals surface area contributed by atoms with E-state index in [0.29, 0.717) is 25.1 Å². The molecule has 3 amide bonds. The first kappa shape index (κ1) is 33.2. The maximum atomic E-state index is 13.5. The molecule has 2 saturated heterocycles. The Kier molecular flexibility index (Phi) is 11.2. The van der Waals surface area contributed by atoms with Gasteiger partial charge in [-0.15, -0.1) is 0 Å². The van der Waals surface area contributed by atoms with Crippen LogP contribution in [0, 0.1) is 17.3 Å². The Balaban J connectivity index is 2.31. The van der Waals surface area contributed by atoms with Gasteiger partial charge in [0, 0.05) is 19.5 Å². The van der Waals surface area contributed by atoms with Crippen LogP contribution in [0.1, 0.15) is 47.5 Å². The number of ketones is 1. The molecule has 40 heavy (non-hydrogen) atoms. The summed E-state index contributed by atoms with van der Waals surface area (Å²) in [6, 6.07) is -0.877. The van der Waals surface area contributed by atoms with Crippen LogP contribution in [-0.2, 0) is 33.1 Å². The van der Waals surface area contributed by atoms with Gasteiger partial charge in [0.25, 0.3) is 0 Å². The second-order valence-corrected chi connectivity index (χ2v) is 14.1. The van der Waals surface area contributed by atoms with Crippen LogP contribution >= 0.6 is 0 Å². The number of carbonyl (C=O) groups excluding carboxylic acids is 5. The zero-order valence-corrected chi connectivity index (χ0v) is 26.0. The Bertz CT molecular complexity index is 1060. The molecule has 10 nitrogen and oxygen atoms in total. The van der Waals surface area contributed by atoms with Crippen LogP contribution in [0.25, 0.3) is 0 Å². The van der Waals surface area contributed by atoms with E-state index in [1.54, 1.807) is 11.8 Å². The highest BCUT2D eigenvalue weighted by atomic mass is 28.3. The van der Waals surface area contributed by atoms with E-state index in [9.17, 15) is 24.0 Å². The highest BCUT2D eigenvalue weighted by Crippen LogP contribution is 2.49. The Labute approximate surface area is 239 Å². The second kappa shape index (κ2) is 13.5. The van der Waals surface area contributed by atoms with Crippen LogP contribution in [0.15, 0.2) is 37.0 Å². The molecular weight excluding hydrogens is 532 g/mol. The molecule has 11 heteroatoms. The van der Waals surface area contributed by atoms with E-state index >= 15 is 0 Å². The topological polar surface area (TPSA) is 120 Å². The number of hydrogen-bond acceptors (Lipinski definition) is 8. The van der Waals surface area contributed by atoms with Crippen molar-refractivity contribution in [1.82, 2.24) is 9.80 Å². The zero-order valence-electron chi connectivity index (χ0n) is 24.9. The van der Waals surface area contributed by atoms with E-state index in [4.69, 9.17) is 13.9 Å². The molecule has 2 aliphatic rings. The van der Waals surface area contributed by atoms with Crippen molar-refractivity contribution in [3.63, 3.8) is 0 Å². The van der Waals surface area contributed by atoms with Gasteiger partial charge >= 0.3 is 18.0 Å². The molecule has 0 aromatic rings. The third-order valence-corrected chi connectivity index (χ3v) is 8.60. The smallest absolute Gasteiger partial charge is 0.410 e. The number of Topliss-reactive ketones (excluding diaryl/α,β-unsaturated/α-hetero) is 1. The Hall–Kier alpha value is -3.05. The van der Waals surface area contributed by atoms with Crippen molar-refractivity contribution in [2.45, 2.75) is 72.2 Å². The molecule has 0 spiro atoms. The molecule has 2 fully saturated rings. The lowest BCUT2D eigenvalue weighted by Crippen LogP contribution is -2.73. The van der Waals surface area contributed by atoms with Gasteiger partial charge in [0.2, 0.25) is 5.91 Å². The largest absolute Gasteiger partial charge is 0.454 e. The molecule has 2 aliphatic heterocycles. The number of hydrogen-bond donors (Lipinski definition) is 0. The number of nitrogens with zero attached hydrogens (tertiary/aromatic N) is 2. The fraction of sp³-hybridized carbons (Fsp3) is 0.621. The number of imide groups is 1. The SMILES string of the molecule is C=CCOC(=O)C(=O)N1C(=O)[C@H]([C@@](C)(O[SiH](C)C)C(C)(C)C)[C@H]1CC(=O)/C(C)=C/C1CCN(C(=O)OCC=C)C1. The van der Waals surface area contributed by atoms with Gasteiger partial charge in [-0.1, -0.05) is 52.2 Å². The van der Waals surface area contributed by atoms with Gasteiger partial charge in [0.1, 0.15) is 13.2 Å². The minimum Gasteiger partial charge on any atom is -0.454 e. The number of amides is 3. The zero-order chi connectivity index (χ0) is 30.4. The molecule has 1 unspecified atom stereocenters. The van der Waals surface area contributed by atoms with E-state index in [1.807, 2.05) is 46.9 Å². The molecule has 0 bridgehead atoms. The Morgan fingerprint density at radius 3 is 2.20 bits per heavy atom. The first-order chi connectivity index (χ1) is 18.6. The molecule has 0 aliphatic carbocycles. The molecule has 4 atom stereocenters. The predicted octanol–water partition coefficient (Wildman–Crippen LogP) is 3.42. The monoisotopic (exact) mass is 576 g/mol. The molecule has 0 radical (unpaired) electrons. The van der Waals surface area contributed by atoms with E-state index in [2.05, 4.69) is 13.2 Å². The van der Waals surface area contributed by atoms with Gasteiger partial charge in [-0.25, -0.2) is 9.59 Å². The molecule has 0 N–H and O–H groups in total. The lowest BCUT2D eigenvalue weighted by Gasteiger charge is -2.57. The summed E-state index contributed by atoms with van der Waals surface area (Å²) in [5, 5.41) is 0. The van der Waals surface area contributed by atoms with Crippen molar-refractivity contribution < 1.29 is 37.9 Å². The van der Waals surface area contributed by atoms with E-state index in [1.165, 1.54) is 12.2 Å². The van der Waals surface area contributed by atoms with Crippen LogP contribution in [0.4, 0.5) is 4.79 Å². The lowest BCUT2D eigenvalue weighted by molar-refractivity contribution is -0.193. The summed E-state index contributed by atoms with van der Waals surface area (Å²) in [7, 11) is -1.67. The molecule has 2 heterocycles. The number of esters is 1. The first-order valence-corrected chi connectivity index (χ1v) is 16.4. The summed E-state index contributed by atoms with van der Waals surface area (Å²) in [6.07, 6.45) is 4.73. The van der Waals surface area contributed by atoms with Gasteiger partial charge in [0.15, 0.2) is 14.8 Å². The van der Waals surface area contributed by atoms with Crippen molar-refractivity contribution >= 4 is 38.7 Å². The fourth-order valence-corrected chi connectivity index (χ4v) is 6.70. The van der Waals surface area contributed by atoms with Crippen LogP contribution in [-0.4, -0.2) is 86.4 Å². The van der Waals surface area contributed by atoms with Crippen molar-refractivity contribution in [1.29, 1.82) is 0 Å². The number of likely N-dealkylation sites (tertiary alicyclic amines) is 2. The molecule has 222 valence electrons. The van der Waals surface area contributed by atoms with Crippen LogP contribution in [0.3, 0.4) is 0 Å². The van der Waals surface area contributed by atoms with Crippen molar-refractivity contribution in [2.24, 2.45) is 17.3 Å². The minimum absolute atomic E-state index is 0.0409.